The fourth-order valence-electron chi connectivity index (χ4n) is 8.92. The van der Waals surface area contributed by atoms with E-state index in [1.54, 1.807) is 6.33 Å². The molecule has 57 heavy (non-hydrogen) atoms. The second kappa shape index (κ2) is 12.6. The Labute approximate surface area is 332 Å². The molecule has 0 saturated carbocycles. The molecule has 4 aromatic heterocycles. The van der Waals surface area contributed by atoms with Crippen LogP contribution in [-0.2, 0) is 0 Å². The van der Waals surface area contributed by atoms with Crippen LogP contribution in [0, 0.1) is 0 Å². The van der Waals surface area contributed by atoms with Crippen molar-refractivity contribution in [3.63, 3.8) is 0 Å². The van der Waals surface area contributed by atoms with Gasteiger partial charge in [-0.15, -0.1) is 11.3 Å². The van der Waals surface area contributed by atoms with Crippen LogP contribution in [0.25, 0.3) is 109 Å². The van der Waals surface area contributed by atoms with Crippen LogP contribution < -0.4 is 0 Å². The smallest absolute Gasteiger partial charge is 0.115 e. The molecular formula is C52H32N4S. The molecular weight excluding hydrogens is 713 g/mol. The molecule has 12 aromatic rings. The van der Waals surface area contributed by atoms with E-state index in [4.69, 9.17) is 0 Å². The molecule has 4 nitrogen and oxygen atoms in total. The van der Waals surface area contributed by atoms with Crippen LogP contribution >= 0.6 is 11.3 Å². The summed E-state index contributed by atoms with van der Waals surface area (Å²) in [6, 6.07) is 64.5. The third-order valence-electron chi connectivity index (χ3n) is 11.5. The van der Waals surface area contributed by atoms with Crippen molar-refractivity contribution in [1.82, 2.24) is 19.1 Å². The van der Waals surface area contributed by atoms with Crippen LogP contribution in [0.5, 0.6) is 0 Å². The van der Waals surface area contributed by atoms with Gasteiger partial charge in [0.05, 0.1) is 22.1 Å². The molecule has 0 fully saturated rings. The van der Waals surface area contributed by atoms with Crippen molar-refractivity contribution in [2.75, 3.05) is 0 Å². The molecule has 0 unspecified atom stereocenters. The molecule has 4 heterocycles. The van der Waals surface area contributed by atoms with E-state index in [0.717, 1.165) is 22.5 Å². The topological polar surface area (TPSA) is 35.6 Å². The van der Waals surface area contributed by atoms with Crippen molar-refractivity contribution in [3.05, 3.63) is 195 Å². The lowest BCUT2D eigenvalue weighted by atomic mass is 9.97. The first-order chi connectivity index (χ1) is 28.3. The van der Waals surface area contributed by atoms with Crippen molar-refractivity contribution in [2.45, 2.75) is 0 Å². The van der Waals surface area contributed by atoms with E-state index in [0.29, 0.717) is 0 Å². The van der Waals surface area contributed by atoms with Gasteiger partial charge in [-0.25, -0.2) is 9.97 Å². The second-order valence-electron chi connectivity index (χ2n) is 14.7. The van der Waals surface area contributed by atoms with E-state index in [1.165, 1.54) is 86.0 Å². The summed E-state index contributed by atoms with van der Waals surface area (Å²) in [4.78, 5) is 8.53. The fraction of sp³-hybridized carbons (Fsp3) is 0. The number of hydrogen-bond acceptors (Lipinski definition) is 3. The maximum atomic E-state index is 4.27. The van der Waals surface area contributed by atoms with Crippen LogP contribution in [0.3, 0.4) is 0 Å². The SMILES string of the molecule is c1cc(-c2cccc(-n3c4ccccc4c4cc(-n5c6ccccc6c6cc(-c7cncnc7)ccc65)ccc43)c2)cc(-c2cccc3c2sc2ccccc23)c1. The van der Waals surface area contributed by atoms with E-state index in [-0.39, 0.29) is 0 Å². The quantitative estimate of drug-likeness (QED) is 0.176. The van der Waals surface area contributed by atoms with Gasteiger partial charge in [0.2, 0.25) is 0 Å². The van der Waals surface area contributed by atoms with E-state index in [9.17, 15) is 0 Å². The zero-order valence-corrected chi connectivity index (χ0v) is 31.5. The summed E-state index contributed by atoms with van der Waals surface area (Å²) in [5.41, 5.74) is 14.0. The number of fused-ring (bicyclic) bond motifs is 9. The number of rotatable bonds is 5. The third-order valence-corrected chi connectivity index (χ3v) is 12.7. The van der Waals surface area contributed by atoms with Gasteiger partial charge in [-0.1, -0.05) is 109 Å². The Morgan fingerprint density at radius 1 is 0.351 bits per heavy atom. The minimum absolute atomic E-state index is 1.01. The highest BCUT2D eigenvalue weighted by Gasteiger charge is 2.18. The normalized spacial score (nSPS) is 11.9. The third kappa shape index (κ3) is 4.99. The molecule has 0 radical (unpaired) electrons. The fourth-order valence-corrected chi connectivity index (χ4v) is 10.2. The van der Waals surface area contributed by atoms with Gasteiger partial charge in [-0.2, -0.15) is 0 Å². The largest absolute Gasteiger partial charge is 0.309 e. The molecule has 0 aliphatic heterocycles. The molecule has 5 heteroatoms. The highest BCUT2D eigenvalue weighted by Crippen LogP contribution is 2.42. The Hall–Kier alpha value is -7.34. The Bertz CT molecular complexity index is 3530. The van der Waals surface area contributed by atoms with E-state index in [2.05, 4.69) is 195 Å². The van der Waals surface area contributed by atoms with Crippen molar-refractivity contribution >= 4 is 75.1 Å². The standard InChI is InChI=1S/C52H32N4S/c1-4-19-47-41(14-1)45-28-35(37-30-53-32-54-31-37)22-24-49(45)56(47)39-23-25-50-46(29-39)42-15-2-5-20-48(42)55(50)38-13-8-11-34(27-38)33-10-7-12-36(26-33)40-17-9-18-44-43-16-3-6-21-51(43)57-52(40)44/h1-32H. The predicted octanol–water partition coefficient (Wildman–Crippen LogP) is 14.0. The van der Waals surface area contributed by atoms with Gasteiger partial charge >= 0.3 is 0 Å². The van der Waals surface area contributed by atoms with Gasteiger partial charge in [-0.3, -0.25) is 0 Å². The summed E-state index contributed by atoms with van der Waals surface area (Å²) < 4.78 is 7.47. The summed E-state index contributed by atoms with van der Waals surface area (Å²) in [5, 5.41) is 7.51. The predicted molar refractivity (Wildman–Crippen MR) is 240 cm³/mol. The summed E-state index contributed by atoms with van der Waals surface area (Å²) in [6.07, 6.45) is 5.32. The zero-order valence-electron chi connectivity index (χ0n) is 30.7. The monoisotopic (exact) mass is 744 g/mol. The van der Waals surface area contributed by atoms with Crippen LogP contribution in [0.2, 0.25) is 0 Å². The number of para-hydroxylation sites is 2. The Morgan fingerprint density at radius 2 is 0.912 bits per heavy atom. The van der Waals surface area contributed by atoms with Crippen LogP contribution in [-0.4, -0.2) is 19.1 Å². The van der Waals surface area contributed by atoms with Gasteiger partial charge in [0.25, 0.3) is 0 Å². The number of hydrogen-bond donors (Lipinski definition) is 0. The van der Waals surface area contributed by atoms with Gasteiger partial charge in [0.1, 0.15) is 6.33 Å². The number of thiophene rings is 1. The Balaban J connectivity index is 0.987. The number of aromatic nitrogens is 4. The lowest BCUT2D eigenvalue weighted by Gasteiger charge is -2.12. The molecule has 0 atom stereocenters. The van der Waals surface area contributed by atoms with Crippen molar-refractivity contribution in [2.24, 2.45) is 0 Å². The maximum Gasteiger partial charge on any atom is 0.115 e. The average Bonchev–Trinajstić information content (AvgIpc) is 3.94. The van der Waals surface area contributed by atoms with E-state index in [1.807, 2.05) is 23.7 Å². The molecule has 266 valence electrons. The molecule has 0 amide bonds. The van der Waals surface area contributed by atoms with Gasteiger partial charge < -0.3 is 9.13 Å². The van der Waals surface area contributed by atoms with Crippen molar-refractivity contribution in [1.29, 1.82) is 0 Å². The summed E-state index contributed by atoms with van der Waals surface area (Å²) in [5.74, 6) is 0. The first-order valence-corrected chi connectivity index (χ1v) is 20.0. The molecule has 0 aliphatic carbocycles. The lowest BCUT2D eigenvalue weighted by molar-refractivity contribution is 1.16. The Morgan fingerprint density at radius 3 is 1.70 bits per heavy atom. The summed E-state index contributed by atoms with van der Waals surface area (Å²) >= 11 is 1.88. The van der Waals surface area contributed by atoms with Crippen molar-refractivity contribution in [3.8, 4) is 44.8 Å². The summed E-state index contributed by atoms with van der Waals surface area (Å²) in [6.45, 7) is 0. The summed E-state index contributed by atoms with van der Waals surface area (Å²) in [7, 11) is 0. The highest BCUT2D eigenvalue weighted by molar-refractivity contribution is 7.26. The van der Waals surface area contributed by atoms with Gasteiger partial charge in [0.15, 0.2) is 0 Å². The van der Waals surface area contributed by atoms with Crippen molar-refractivity contribution < 1.29 is 0 Å². The lowest BCUT2D eigenvalue weighted by Crippen LogP contribution is -1.96. The van der Waals surface area contributed by atoms with E-state index < -0.39 is 0 Å². The first kappa shape index (κ1) is 32.0. The molecule has 0 N–H and O–H groups in total. The van der Waals surface area contributed by atoms with Gasteiger partial charge in [0, 0.05) is 71.0 Å². The molecule has 8 aromatic carbocycles. The maximum absolute atomic E-state index is 4.27. The second-order valence-corrected chi connectivity index (χ2v) is 15.7. The zero-order chi connectivity index (χ0) is 37.5. The highest BCUT2D eigenvalue weighted by atomic mass is 32.1. The Kier molecular flexibility index (Phi) is 7.06. The van der Waals surface area contributed by atoms with E-state index >= 15 is 0 Å². The van der Waals surface area contributed by atoms with Crippen LogP contribution in [0.4, 0.5) is 0 Å². The molecule has 0 bridgehead atoms. The minimum Gasteiger partial charge on any atom is -0.309 e. The number of benzene rings is 8. The number of nitrogens with zero attached hydrogens (tertiary/aromatic N) is 4. The first-order valence-electron chi connectivity index (χ1n) is 19.2. The van der Waals surface area contributed by atoms with Crippen LogP contribution in [0.1, 0.15) is 0 Å². The van der Waals surface area contributed by atoms with Gasteiger partial charge in [-0.05, 0) is 94.5 Å². The average molecular weight is 745 g/mol. The minimum atomic E-state index is 1.01. The molecule has 0 spiro atoms. The molecule has 12 rings (SSSR count). The molecule has 0 saturated heterocycles. The molecule has 0 aliphatic rings. The van der Waals surface area contributed by atoms with Crippen LogP contribution in [0.15, 0.2) is 195 Å².